The summed E-state index contributed by atoms with van der Waals surface area (Å²) in [4.78, 5) is 0. The molecule has 0 aliphatic rings. The van der Waals surface area contributed by atoms with Gasteiger partial charge < -0.3 is 10.1 Å². The van der Waals surface area contributed by atoms with Gasteiger partial charge in [-0.2, -0.15) is 0 Å². The van der Waals surface area contributed by atoms with Crippen LogP contribution in [0.3, 0.4) is 0 Å². The maximum absolute atomic E-state index is 6.01. The van der Waals surface area contributed by atoms with E-state index in [1.54, 1.807) is 0 Å². The molecule has 1 N–H and O–H groups in total. The van der Waals surface area contributed by atoms with Crippen molar-refractivity contribution in [3.8, 4) is 0 Å². The van der Waals surface area contributed by atoms with Gasteiger partial charge in [-0.15, -0.1) is 0 Å². The van der Waals surface area contributed by atoms with Gasteiger partial charge >= 0.3 is 0 Å². The van der Waals surface area contributed by atoms with E-state index < -0.39 is 0 Å². The normalized spacial score (nSPS) is 15.4. The molecule has 0 aromatic heterocycles. The lowest BCUT2D eigenvalue weighted by atomic mass is 9.93. The Morgan fingerprint density at radius 3 is 1.88 bits per heavy atom. The van der Waals surface area contributed by atoms with Crippen molar-refractivity contribution in [2.45, 2.75) is 73.5 Å². The maximum Gasteiger partial charge on any atom is 0.0722 e. The summed E-state index contributed by atoms with van der Waals surface area (Å²) in [5, 5.41) is 3.53. The minimum absolute atomic E-state index is 0.167. The van der Waals surface area contributed by atoms with E-state index in [-0.39, 0.29) is 5.54 Å². The van der Waals surface area contributed by atoms with Crippen LogP contribution in [0, 0.1) is 11.3 Å². The van der Waals surface area contributed by atoms with Gasteiger partial charge in [0, 0.05) is 18.7 Å². The van der Waals surface area contributed by atoms with Crippen molar-refractivity contribution in [2.24, 2.45) is 11.3 Å². The summed E-state index contributed by atoms with van der Waals surface area (Å²) in [6.45, 7) is 19.6. The zero-order valence-electron chi connectivity index (χ0n) is 13.2. The summed E-state index contributed by atoms with van der Waals surface area (Å²) in [7, 11) is 0. The summed E-state index contributed by atoms with van der Waals surface area (Å²) in [6.07, 6.45) is 1.43. The van der Waals surface area contributed by atoms with Crippen molar-refractivity contribution in [1.29, 1.82) is 0 Å². The molecule has 2 nitrogen and oxygen atoms in total. The number of ether oxygens (including phenoxy) is 1. The number of rotatable bonds is 6. The first-order valence-corrected chi connectivity index (χ1v) is 6.88. The molecule has 1 unspecified atom stereocenters. The van der Waals surface area contributed by atoms with Crippen LogP contribution in [0.5, 0.6) is 0 Å². The smallest absolute Gasteiger partial charge is 0.0722 e. The number of hydrogen-bond acceptors (Lipinski definition) is 2. The molecular weight excluding hydrogens is 210 g/mol. The van der Waals surface area contributed by atoms with E-state index in [9.17, 15) is 0 Å². The van der Waals surface area contributed by atoms with E-state index in [0.29, 0.717) is 17.4 Å². The Morgan fingerprint density at radius 2 is 1.53 bits per heavy atom. The molecule has 0 fully saturated rings. The third kappa shape index (κ3) is 10.8. The first-order valence-electron chi connectivity index (χ1n) is 6.88. The van der Waals surface area contributed by atoms with E-state index >= 15 is 0 Å². The zero-order valence-corrected chi connectivity index (χ0v) is 13.2. The lowest BCUT2D eigenvalue weighted by molar-refractivity contribution is 0.00744. The fourth-order valence-corrected chi connectivity index (χ4v) is 1.41. The van der Waals surface area contributed by atoms with Crippen LogP contribution in [0.2, 0.25) is 0 Å². The summed E-state index contributed by atoms with van der Waals surface area (Å²) < 4.78 is 6.01. The van der Waals surface area contributed by atoms with Gasteiger partial charge in [0.2, 0.25) is 0 Å². The molecule has 17 heavy (non-hydrogen) atoms. The minimum atomic E-state index is 0.167. The van der Waals surface area contributed by atoms with Gasteiger partial charge in [-0.3, -0.25) is 0 Å². The van der Waals surface area contributed by atoms with Crippen molar-refractivity contribution in [1.82, 2.24) is 5.32 Å². The highest BCUT2D eigenvalue weighted by Gasteiger charge is 2.18. The summed E-state index contributed by atoms with van der Waals surface area (Å²) in [5.41, 5.74) is 0.527. The van der Waals surface area contributed by atoms with Gasteiger partial charge in [-0.25, -0.2) is 0 Å². The van der Waals surface area contributed by atoms with Gasteiger partial charge in [0.1, 0.15) is 0 Å². The molecule has 0 saturated heterocycles. The first kappa shape index (κ1) is 16.9. The standard InChI is InChI=1S/C15H33NO/c1-12(2)13(11-16-15(6,7)8)17-10-9-14(3,4)5/h12-13,16H,9-11H2,1-8H3. The molecule has 0 radical (unpaired) electrons. The van der Waals surface area contributed by atoms with Crippen LogP contribution in [0.4, 0.5) is 0 Å². The van der Waals surface area contributed by atoms with Gasteiger partial charge in [0.15, 0.2) is 0 Å². The largest absolute Gasteiger partial charge is 0.377 e. The molecule has 0 rings (SSSR count). The second kappa shape index (κ2) is 6.75. The molecule has 1 atom stereocenters. The second-order valence-electron chi connectivity index (χ2n) is 7.59. The SMILES string of the molecule is CC(C)C(CNC(C)(C)C)OCCC(C)(C)C. The molecule has 0 aromatic carbocycles. The third-order valence-corrected chi connectivity index (χ3v) is 2.76. The van der Waals surface area contributed by atoms with Crippen LogP contribution in [0.25, 0.3) is 0 Å². The van der Waals surface area contributed by atoms with Crippen LogP contribution in [-0.2, 0) is 4.74 Å². The molecule has 0 spiro atoms. The van der Waals surface area contributed by atoms with Crippen LogP contribution in [0.15, 0.2) is 0 Å². The van der Waals surface area contributed by atoms with E-state index in [4.69, 9.17) is 4.74 Å². The van der Waals surface area contributed by atoms with Crippen LogP contribution < -0.4 is 5.32 Å². The fraction of sp³-hybridized carbons (Fsp3) is 1.00. The highest BCUT2D eigenvalue weighted by molar-refractivity contribution is 4.75. The molecule has 0 aromatic rings. The second-order valence-corrected chi connectivity index (χ2v) is 7.59. The summed E-state index contributed by atoms with van der Waals surface area (Å²) >= 11 is 0. The quantitative estimate of drug-likeness (QED) is 0.765. The molecule has 0 aliphatic heterocycles. The molecule has 0 amide bonds. The molecule has 104 valence electrons. The Balaban J connectivity index is 4.00. The molecule has 0 aliphatic carbocycles. The van der Waals surface area contributed by atoms with E-state index in [1.165, 1.54) is 0 Å². The van der Waals surface area contributed by atoms with Gasteiger partial charge in [0.05, 0.1) is 6.10 Å². The van der Waals surface area contributed by atoms with E-state index in [2.05, 4.69) is 60.7 Å². The van der Waals surface area contributed by atoms with Gasteiger partial charge in [-0.05, 0) is 38.5 Å². The Morgan fingerprint density at radius 1 is 1.00 bits per heavy atom. The first-order chi connectivity index (χ1) is 7.51. The highest BCUT2D eigenvalue weighted by Crippen LogP contribution is 2.19. The average Bonchev–Trinajstić information content (AvgIpc) is 2.06. The third-order valence-electron chi connectivity index (χ3n) is 2.76. The fourth-order valence-electron chi connectivity index (χ4n) is 1.41. The van der Waals surface area contributed by atoms with Gasteiger partial charge in [-0.1, -0.05) is 34.6 Å². The lowest BCUT2D eigenvalue weighted by Crippen LogP contribution is -2.43. The van der Waals surface area contributed by atoms with Crippen molar-refractivity contribution < 1.29 is 4.74 Å². The number of hydrogen-bond donors (Lipinski definition) is 1. The van der Waals surface area contributed by atoms with Crippen LogP contribution in [-0.4, -0.2) is 24.8 Å². The lowest BCUT2D eigenvalue weighted by Gasteiger charge is -2.28. The van der Waals surface area contributed by atoms with Crippen LogP contribution in [0.1, 0.15) is 61.8 Å². The van der Waals surface area contributed by atoms with Crippen molar-refractivity contribution in [2.75, 3.05) is 13.2 Å². The Hall–Kier alpha value is -0.0800. The van der Waals surface area contributed by atoms with Gasteiger partial charge in [0.25, 0.3) is 0 Å². The Kier molecular flexibility index (Phi) is 6.71. The maximum atomic E-state index is 6.01. The molecule has 2 heteroatoms. The molecule has 0 bridgehead atoms. The van der Waals surface area contributed by atoms with Crippen molar-refractivity contribution in [3.05, 3.63) is 0 Å². The monoisotopic (exact) mass is 243 g/mol. The summed E-state index contributed by atoms with van der Waals surface area (Å²) in [5.74, 6) is 0.560. The molecule has 0 saturated carbocycles. The van der Waals surface area contributed by atoms with Crippen molar-refractivity contribution in [3.63, 3.8) is 0 Å². The van der Waals surface area contributed by atoms with Crippen molar-refractivity contribution >= 4 is 0 Å². The van der Waals surface area contributed by atoms with E-state index in [0.717, 1.165) is 19.6 Å². The summed E-state index contributed by atoms with van der Waals surface area (Å²) in [6, 6.07) is 0. The highest BCUT2D eigenvalue weighted by atomic mass is 16.5. The Bertz CT molecular complexity index is 198. The van der Waals surface area contributed by atoms with E-state index in [1.807, 2.05) is 0 Å². The molecular formula is C15H33NO. The number of nitrogens with one attached hydrogen (secondary N) is 1. The predicted octanol–water partition coefficient (Wildman–Crippen LogP) is 3.85. The predicted molar refractivity (Wildman–Crippen MR) is 76.4 cm³/mol. The topological polar surface area (TPSA) is 21.3 Å². The average molecular weight is 243 g/mol. The Labute approximate surface area is 109 Å². The van der Waals surface area contributed by atoms with Crippen LogP contribution >= 0.6 is 0 Å². The molecule has 0 heterocycles. The minimum Gasteiger partial charge on any atom is -0.377 e. The zero-order chi connectivity index (χ0) is 13.7.